The zero-order valence-corrected chi connectivity index (χ0v) is 16.3. The molecule has 156 valence electrons. The van der Waals surface area contributed by atoms with Crippen molar-refractivity contribution in [2.75, 3.05) is 26.4 Å². The molecule has 7 nitrogen and oxygen atoms in total. The van der Waals surface area contributed by atoms with E-state index in [1.165, 1.54) is 0 Å². The molecule has 0 saturated carbocycles. The fourth-order valence-corrected chi connectivity index (χ4v) is 2.89. The van der Waals surface area contributed by atoms with E-state index in [2.05, 4.69) is 10.6 Å². The summed E-state index contributed by atoms with van der Waals surface area (Å²) in [6, 6.07) is 18.2. The van der Waals surface area contributed by atoms with Crippen LogP contribution in [-0.4, -0.2) is 60.5 Å². The van der Waals surface area contributed by atoms with Gasteiger partial charge in [0.15, 0.2) is 0 Å². The van der Waals surface area contributed by atoms with Crippen molar-refractivity contribution in [1.82, 2.24) is 10.6 Å². The Morgan fingerprint density at radius 1 is 0.724 bits per heavy atom. The van der Waals surface area contributed by atoms with Gasteiger partial charge in [-0.05, 0) is 24.0 Å². The van der Waals surface area contributed by atoms with Crippen LogP contribution in [0.2, 0.25) is 0 Å². The van der Waals surface area contributed by atoms with Crippen LogP contribution in [0.1, 0.15) is 11.1 Å². The van der Waals surface area contributed by atoms with Gasteiger partial charge in [-0.15, -0.1) is 0 Å². The van der Waals surface area contributed by atoms with Crippen molar-refractivity contribution in [3.05, 3.63) is 71.8 Å². The lowest BCUT2D eigenvalue weighted by Gasteiger charge is -2.17. The monoisotopic (exact) mass is 400 g/mol. The lowest BCUT2D eigenvalue weighted by atomic mass is 10.1. The topological polar surface area (TPSA) is 108 Å². The predicted octanol–water partition coefficient (Wildman–Crippen LogP) is 0.443. The van der Waals surface area contributed by atoms with Gasteiger partial charge in [0.1, 0.15) is 13.2 Å². The molecule has 2 aromatic carbocycles. The Kier molecular flexibility index (Phi) is 9.85. The Morgan fingerprint density at radius 2 is 1.10 bits per heavy atom. The van der Waals surface area contributed by atoms with E-state index in [0.717, 1.165) is 11.1 Å². The van der Waals surface area contributed by atoms with Gasteiger partial charge in [0.25, 0.3) is 0 Å². The van der Waals surface area contributed by atoms with E-state index in [-0.39, 0.29) is 26.4 Å². The van der Waals surface area contributed by atoms with Gasteiger partial charge in [0, 0.05) is 0 Å². The molecule has 0 bridgehead atoms. The van der Waals surface area contributed by atoms with Crippen LogP contribution in [-0.2, 0) is 27.2 Å². The molecule has 0 aromatic heterocycles. The number of aliphatic hydroxyl groups excluding tert-OH is 2. The fourth-order valence-electron chi connectivity index (χ4n) is 2.89. The molecule has 0 fully saturated rings. The first-order valence-corrected chi connectivity index (χ1v) is 9.56. The lowest BCUT2D eigenvalue weighted by molar-refractivity contribution is -0.132. The Hall–Kier alpha value is -2.74. The summed E-state index contributed by atoms with van der Waals surface area (Å²) in [5, 5.41) is 24.3. The van der Waals surface area contributed by atoms with Gasteiger partial charge in [-0.3, -0.25) is 9.59 Å². The molecule has 7 heteroatoms. The highest BCUT2D eigenvalue weighted by Crippen LogP contribution is 2.04. The summed E-state index contributed by atoms with van der Waals surface area (Å²) in [4.78, 5) is 24.0. The quantitative estimate of drug-likeness (QED) is 0.414. The number of amides is 2. The second-order valence-electron chi connectivity index (χ2n) is 6.77. The van der Waals surface area contributed by atoms with Gasteiger partial charge in [0.2, 0.25) is 11.8 Å². The summed E-state index contributed by atoms with van der Waals surface area (Å²) < 4.78 is 5.16. The molecule has 0 spiro atoms. The molecule has 0 radical (unpaired) electrons. The van der Waals surface area contributed by atoms with E-state index in [1.54, 1.807) is 0 Å². The molecule has 0 saturated heterocycles. The van der Waals surface area contributed by atoms with Gasteiger partial charge < -0.3 is 25.6 Å². The Morgan fingerprint density at radius 3 is 1.45 bits per heavy atom. The maximum absolute atomic E-state index is 12.0. The van der Waals surface area contributed by atoms with Crippen molar-refractivity contribution in [2.24, 2.45) is 0 Å². The van der Waals surface area contributed by atoms with Crippen molar-refractivity contribution < 1.29 is 24.5 Å². The van der Waals surface area contributed by atoms with E-state index in [1.807, 2.05) is 60.7 Å². The van der Waals surface area contributed by atoms with Crippen LogP contribution in [0.4, 0.5) is 0 Å². The van der Waals surface area contributed by atoms with E-state index in [4.69, 9.17) is 4.74 Å². The molecule has 0 aliphatic rings. The summed E-state index contributed by atoms with van der Waals surface area (Å²) in [7, 11) is 0. The third-order valence-corrected chi connectivity index (χ3v) is 4.29. The minimum atomic E-state index is -0.424. The first kappa shape index (κ1) is 22.5. The maximum Gasteiger partial charge on any atom is 0.246 e. The average molecular weight is 400 g/mol. The molecule has 2 atom stereocenters. The number of carbonyl (C=O) groups excluding carboxylic acids is 2. The van der Waals surface area contributed by atoms with Crippen LogP contribution in [0.25, 0.3) is 0 Å². The van der Waals surface area contributed by atoms with Crippen molar-refractivity contribution in [1.29, 1.82) is 0 Å². The van der Waals surface area contributed by atoms with Crippen LogP contribution >= 0.6 is 0 Å². The number of hydrogen-bond donors (Lipinski definition) is 4. The number of benzene rings is 2. The van der Waals surface area contributed by atoms with E-state index >= 15 is 0 Å². The fraction of sp³-hybridized carbons (Fsp3) is 0.364. The van der Waals surface area contributed by atoms with E-state index in [0.29, 0.717) is 12.8 Å². The van der Waals surface area contributed by atoms with Gasteiger partial charge in [0.05, 0.1) is 25.3 Å². The summed E-state index contributed by atoms with van der Waals surface area (Å²) in [6.07, 6.45) is 1.00. The van der Waals surface area contributed by atoms with Crippen molar-refractivity contribution in [3.63, 3.8) is 0 Å². The lowest BCUT2D eigenvalue weighted by Crippen LogP contribution is -2.43. The normalized spacial score (nSPS) is 12.8. The summed E-state index contributed by atoms with van der Waals surface area (Å²) in [5.74, 6) is -0.813. The van der Waals surface area contributed by atoms with Crippen molar-refractivity contribution >= 4 is 11.8 Å². The zero-order chi connectivity index (χ0) is 20.9. The Bertz CT molecular complexity index is 676. The minimum Gasteiger partial charge on any atom is -0.394 e. The van der Waals surface area contributed by atoms with E-state index in [9.17, 15) is 19.8 Å². The Balaban J connectivity index is 1.68. The molecular weight excluding hydrogens is 372 g/mol. The van der Waals surface area contributed by atoms with Crippen molar-refractivity contribution in [3.8, 4) is 0 Å². The van der Waals surface area contributed by atoms with E-state index < -0.39 is 23.9 Å². The minimum absolute atomic E-state index is 0.196. The molecule has 0 aliphatic carbocycles. The van der Waals surface area contributed by atoms with Gasteiger partial charge >= 0.3 is 0 Å². The summed E-state index contributed by atoms with van der Waals surface area (Å²) >= 11 is 0. The number of aliphatic hydroxyl groups is 2. The first-order chi connectivity index (χ1) is 14.1. The maximum atomic E-state index is 12.0. The second-order valence-corrected chi connectivity index (χ2v) is 6.77. The third kappa shape index (κ3) is 8.87. The zero-order valence-electron chi connectivity index (χ0n) is 16.3. The van der Waals surface area contributed by atoms with Crippen LogP contribution in [0.15, 0.2) is 60.7 Å². The third-order valence-electron chi connectivity index (χ3n) is 4.29. The highest BCUT2D eigenvalue weighted by Gasteiger charge is 2.15. The van der Waals surface area contributed by atoms with Crippen LogP contribution in [0, 0.1) is 0 Å². The standard InChI is InChI=1S/C22H28N2O5/c25-13-19(11-17-7-3-1-4-8-17)23-21(27)15-29-16-22(28)24-20(14-26)12-18-9-5-2-6-10-18/h1-10,19-20,25-26H,11-16H2,(H,23,27)(H,24,28)/t19-,20-/m0/s1. The molecule has 2 aromatic rings. The number of hydrogen-bond acceptors (Lipinski definition) is 5. The van der Waals surface area contributed by atoms with Gasteiger partial charge in [-0.25, -0.2) is 0 Å². The predicted molar refractivity (Wildman–Crippen MR) is 109 cm³/mol. The highest BCUT2D eigenvalue weighted by molar-refractivity contribution is 5.80. The number of carbonyl (C=O) groups is 2. The summed E-state index contributed by atoms with van der Waals surface area (Å²) in [5.41, 5.74) is 2.00. The molecule has 0 heterocycles. The molecule has 2 amide bonds. The molecule has 29 heavy (non-hydrogen) atoms. The number of nitrogens with one attached hydrogen (secondary N) is 2. The van der Waals surface area contributed by atoms with Gasteiger partial charge in [-0.1, -0.05) is 60.7 Å². The SMILES string of the molecule is O=C(COCC(=O)N[C@H](CO)Cc1ccccc1)N[C@H](CO)Cc1ccccc1. The second kappa shape index (κ2) is 12.7. The Labute approximate surface area is 170 Å². The molecule has 4 N–H and O–H groups in total. The average Bonchev–Trinajstić information content (AvgIpc) is 2.74. The first-order valence-electron chi connectivity index (χ1n) is 9.56. The van der Waals surface area contributed by atoms with Crippen molar-refractivity contribution in [2.45, 2.75) is 24.9 Å². The van der Waals surface area contributed by atoms with Crippen LogP contribution < -0.4 is 10.6 Å². The van der Waals surface area contributed by atoms with Crippen LogP contribution in [0.3, 0.4) is 0 Å². The van der Waals surface area contributed by atoms with Crippen LogP contribution in [0.5, 0.6) is 0 Å². The largest absolute Gasteiger partial charge is 0.394 e. The smallest absolute Gasteiger partial charge is 0.246 e. The summed E-state index contributed by atoms with van der Waals surface area (Å²) in [6.45, 7) is -0.972. The molecule has 2 rings (SSSR count). The molecule has 0 aliphatic heterocycles. The number of ether oxygens (including phenoxy) is 1. The number of rotatable bonds is 12. The highest BCUT2D eigenvalue weighted by atomic mass is 16.5. The van der Waals surface area contributed by atoms with Gasteiger partial charge in [-0.2, -0.15) is 0 Å². The molecular formula is C22H28N2O5. The molecule has 0 unspecified atom stereocenters.